The molecule has 0 bridgehead atoms. The minimum atomic E-state index is -0.488. The van der Waals surface area contributed by atoms with E-state index >= 15 is 0 Å². The Labute approximate surface area is 229 Å². The number of aryl methyl sites for hydroxylation is 1. The van der Waals surface area contributed by atoms with Crippen molar-refractivity contribution in [3.8, 4) is 23.1 Å². The molecular weight excluding hydrogens is 519 g/mol. The largest absolute Gasteiger partial charge is 0.494 e. The molecule has 0 aliphatic carbocycles. The molecule has 2 aromatic carbocycles. The Morgan fingerprint density at radius 1 is 1.13 bits per heavy atom. The SMILES string of the molecule is CC.COc1cc2[nH]c(C(=O)c3cnn(-c4cnc(Oc5ccccc5F)cc4C)c3N)cc2cc1NSC. The second kappa shape index (κ2) is 11.9. The third-order valence-electron chi connectivity index (χ3n) is 5.79. The van der Waals surface area contributed by atoms with Crippen molar-refractivity contribution in [3.63, 3.8) is 0 Å². The minimum absolute atomic E-state index is 0.0703. The van der Waals surface area contributed by atoms with Gasteiger partial charge in [-0.2, -0.15) is 5.10 Å². The van der Waals surface area contributed by atoms with E-state index < -0.39 is 5.82 Å². The summed E-state index contributed by atoms with van der Waals surface area (Å²) in [6, 6.07) is 13.2. The fraction of sp³-hybridized carbons (Fsp3) is 0.179. The molecule has 3 aromatic heterocycles. The number of para-hydroxylation sites is 1. The van der Waals surface area contributed by atoms with Crippen LogP contribution in [0, 0.1) is 12.7 Å². The van der Waals surface area contributed by atoms with Crippen LogP contribution in [-0.2, 0) is 0 Å². The second-order valence-corrected chi connectivity index (χ2v) is 8.77. The highest BCUT2D eigenvalue weighted by Crippen LogP contribution is 2.33. The molecule has 0 amide bonds. The number of nitrogens with two attached hydrogens (primary N) is 1. The maximum absolute atomic E-state index is 13.9. The summed E-state index contributed by atoms with van der Waals surface area (Å²) in [4.78, 5) is 20.7. The van der Waals surface area contributed by atoms with Gasteiger partial charge in [0, 0.05) is 29.3 Å². The molecule has 0 fully saturated rings. The van der Waals surface area contributed by atoms with Crippen LogP contribution in [0.2, 0.25) is 0 Å². The number of fused-ring (bicyclic) bond motifs is 1. The fourth-order valence-corrected chi connectivity index (χ4v) is 4.33. The standard InChI is InChI=1S/C26H23FN6O3S.C2H6/c1-14-8-24(36-22-7-5-4-6-17(22)27)29-13-21(14)33-26(28)16(12-30-33)25(34)20-10-15-9-19(32-37-3)23(35-2)11-18(15)31-20;1-2/h4-13,31-32H,28H2,1-3H3;1-2H3. The summed E-state index contributed by atoms with van der Waals surface area (Å²) in [6.45, 7) is 5.82. The summed E-state index contributed by atoms with van der Waals surface area (Å²) in [7, 11) is 1.59. The number of methoxy groups -OCH3 is 1. The predicted octanol–water partition coefficient (Wildman–Crippen LogP) is 6.53. The van der Waals surface area contributed by atoms with E-state index in [0.29, 0.717) is 17.1 Å². The number of aromatic amines is 1. The van der Waals surface area contributed by atoms with Crippen LogP contribution < -0.4 is 19.9 Å². The summed E-state index contributed by atoms with van der Waals surface area (Å²) in [5.74, 6) is 0.318. The third-order valence-corrected chi connectivity index (χ3v) is 6.21. The molecule has 0 atom stereocenters. The van der Waals surface area contributed by atoms with Crippen LogP contribution in [0.3, 0.4) is 0 Å². The molecule has 39 heavy (non-hydrogen) atoms. The molecule has 9 nitrogen and oxygen atoms in total. The lowest BCUT2D eigenvalue weighted by atomic mass is 10.1. The number of nitrogens with zero attached hydrogens (tertiary/aromatic N) is 3. The maximum Gasteiger partial charge on any atom is 0.219 e. The first kappa shape index (κ1) is 27.5. The van der Waals surface area contributed by atoms with E-state index in [4.69, 9.17) is 15.2 Å². The number of aromatic nitrogens is 4. The number of anilines is 2. The van der Waals surface area contributed by atoms with Crippen LogP contribution in [0.25, 0.3) is 16.6 Å². The molecule has 5 rings (SSSR count). The smallest absolute Gasteiger partial charge is 0.219 e. The van der Waals surface area contributed by atoms with E-state index in [0.717, 1.165) is 22.2 Å². The number of carbonyl (C=O) groups excluding carboxylic acids is 1. The van der Waals surface area contributed by atoms with Crippen molar-refractivity contribution in [2.24, 2.45) is 0 Å². The van der Waals surface area contributed by atoms with E-state index in [1.807, 2.05) is 39.2 Å². The lowest BCUT2D eigenvalue weighted by molar-refractivity contribution is 0.103. The summed E-state index contributed by atoms with van der Waals surface area (Å²) < 4.78 is 29.5. The maximum atomic E-state index is 13.9. The molecule has 4 N–H and O–H groups in total. The van der Waals surface area contributed by atoms with Crippen LogP contribution in [0.5, 0.6) is 17.4 Å². The van der Waals surface area contributed by atoms with Crippen molar-refractivity contribution >= 4 is 40.1 Å². The topological polar surface area (TPSA) is 120 Å². The van der Waals surface area contributed by atoms with E-state index in [1.165, 1.54) is 41.2 Å². The van der Waals surface area contributed by atoms with E-state index in [2.05, 4.69) is 19.8 Å². The Kier molecular flexibility index (Phi) is 8.40. The molecular formula is C28H29FN6O3S. The van der Waals surface area contributed by atoms with E-state index in [9.17, 15) is 9.18 Å². The Balaban J connectivity index is 0.00000172. The lowest BCUT2D eigenvalue weighted by Crippen LogP contribution is -2.09. The Morgan fingerprint density at radius 3 is 2.59 bits per heavy atom. The van der Waals surface area contributed by atoms with Crippen molar-refractivity contribution in [1.29, 1.82) is 0 Å². The molecule has 0 aliphatic heterocycles. The Bertz CT molecular complexity index is 1630. The number of rotatable bonds is 8. The fourth-order valence-electron chi connectivity index (χ4n) is 3.95. The van der Waals surface area contributed by atoms with Crippen molar-refractivity contribution in [2.45, 2.75) is 20.8 Å². The number of halogens is 1. The number of pyridine rings is 1. The zero-order valence-electron chi connectivity index (χ0n) is 22.2. The number of hydrogen-bond acceptors (Lipinski definition) is 8. The van der Waals surface area contributed by atoms with Gasteiger partial charge in [0.15, 0.2) is 11.6 Å². The van der Waals surface area contributed by atoms with Gasteiger partial charge in [0.2, 0.25) is 11.7 Å². The number of nitrogens with one attached hydrogen (secondary N) is 2. The van der Waals surface area contributed by atoms with E-state index in [1.54, 1.807) is 31.4 Å². The van der Waals surface area contributed by atoms with Crippen LogP contribution >= 0.6 is 11.9 Å². The summed E-state index contributed by atoms with van der Waals surface area (Å²) >= 11 is 1.44. The molecule has 202 valence electrons. The molecule has 0 saturated heterocycles. The number of ether oxygens (including phenoxy) is 2. The van der Waals surface area contributed by atoms with Gasteiger partial charge < -0.3 is 24.9 Å². The van der Waals surface area contributed by atoms with Gasteiger partial charge in [-0.3, -0.25) is 4.79 Å². The number of nitrogen functional groups attached to an aromatic ring is 1. The minimum Gasteiger partial charge on any atom is -0.494 e. The third kappa shape index (κ3) is 5.53. The van der Waals surface area contributed by atoms with E-state index in [-0.39, 0.29) is 28.8 Å². The molecule has 0 saturated carbocycles. The zero-order chi connectivity index (χ0) is 28.1. The van der Waals surface area contributed by atoms with Crippen LogP contribution in [-0.4, -0.2) is 38.9 Å². The first-order chi connectivity index (χ1) is 18.9. The van der Waals surface area contributed by atoms with Crippen LogP contribution in [0.1, 0.15) is 35.5 Å². The predicted molar refractivity (Wildman–Crippen MR) is 154 cm³/mol. The molecule has 3 heterocycles. The number of carbonyl (C=O) groups is 1. The molecule has 5 aromatic rings. The highest BCUT2D eigenvalue weighted by molar-refractivity contribution is 7.99. The first-order valence-electron chi connectivity index (χ1n) is 12.2. The molecule has 0 spiro atoms. The van der Waals surface area contributed by atoms with Gasteiger partial charge in [0.1, 0.15) is 11.6 Å². The van der Waals surface area contributed by atoms with Crippen molar-refractivity contribution in [3.05, 3.63) is 83.6 Å². The quantitative estimate of drug-likeness (QED) is 0.148. The number of ketones is 1. The summed E-state index contributed by atoms with van der Waals surface area (Å²) in [5.41, 5.74) is 9.81. The van der Waals surface area contributed by atoms with Gasteiger partial charge >= 0.3 is 0 Å². The van der Waals surface area contributed by atoms with Gasteiger partial charge in [0.25, 0.3) is 0 Å². The van der Waals surface area contributed by atoms with Crippen LogP contribution in [0.15, 0.2) is 60.9 Å². The van der Waals surface area contributed by atoms with Gasteiger partial charge in [-0.1, -0.05) is 37.9 Å². The highest BCUT2D eigenvalue weighted by Gasteiger charge is 2.21. The van der Waals surface area contributed by atoms with Gasteiger partial charge in [0.05, 0.1) is 42.1 Å². The summed E-state index contributed by atoms with van der Waals surface area (Å²) in [6.07, 6.45) is 4.85. The molecule has 11 heteroatoms. The number of benzene rings is 2. The van der Waals surface area contributed by atoms with Crippen molar-refractivity contribution in [1.82, 2.24) is 19.7 Å². The number of hydrogen-bond donors (Lipinski definition) is 3. The molecule has 0 radical (unpaired) electrons. The zero-order valence-corrected chi connectivity index (χ0v) is 23.0. The Hall–Kier alpha value is -4.51. The second-order valence-electron chi connectivity index (χ2n) is 8.15. The van der Waals surface area contributed by atoms with Crippen molar-refractivity contribution < 1.29 is 18.7 Å². The van der Waals surface area contributed by atoms with Gasteiger partial charge in [-0.25, -0.2) is 14.1 Å². The molecule has 0 unspecified atom stereocenters. The van der Waals surface area contributed by atoms with Crippen molar-refractivity contribution in [2.75, 3.05) is 23.8 Å². The Morgan fingerprint density at radius 2 is 1.90 bits per heavy atom. The van der Waals surface area contributed by atoms with Gasteiger partial charge in [-0.15, -0.1) is 0 Å². The first-order valence-corrected chi connectivity index (χ1v) is 13.4. The van der Waals surface area contributed by atoms with Crippen LogP contribution in [0.4, 0.5) is 15.9 Å². The normalized spacial score (nSPS) is 10.6. The monoisotopic (exact) mass is 548 g/mol. The average Bonchev–Trinajstić information content (AvgIpc) is 3.53. The highest BCUT2D eigenvalue weighted by atomic mass is 32.2. The molecule has 0 aliphatic rings. The average molecular weight is 549 g/mol. The summed E-state index contributed by atoms with van der Waals surface area (Å²) in [5, 5.41) is 5.17. The lowest BCUT2D eigenvalue weighted by Gasteiger charge is -2.11. The van der Waals surface area contributed by atoms with Gasteiger partial charge in [-0.05, 0) is 36.8 Å². The number of H-pyrrole nitrogens is 1.